The van der Waals surface area contributed by atoms with Crippen LogP contribution in [0.15, 0.2) is 18.5 Å². The third kappa shape index (κ3) is 4.03. The number of nitrogens with two attached hydrogens (primary N) is 1. The molecule has 15 heavy (non-hydrogen) atoms. The van der Waals surface area contributed by atoms with Crippen molar-refractivity contribution in [1.82, 2.24) is 10.3 Å². The molecule has 0 unspecified atom stereocenters. The number of aromatic nitrogens is 1. The Morgan fingerprint density at radius 2 is 2.40 bits per heavy atom. The second-order valence-corrected chi connectivity index (χ2v) is 3.75. The van der Waals surface area contributed by atoms with Gasteiger partial charge < -0.3 is 11.1 Å². The summed E-state index contributed by atoms with van der Waals surface area (Å²) in [6.45, 7) is 2.43. The smallest absolute Gasteiger partial charge is 0.227 e. The van der Waals surface area contributed by atoms with Gasteiger partial charge in [-0.2, -0.15) is 0 Å². The summed E-state index contributed by atoms with van der Waals surface area (Å²) < 4.78 is 0. The lowest BCUT2D eigenvalue weighted by Gasteiger charge is -2.06. The van der Waals surface area contributed by atoms with Crippen LogP contribution in [-0.4, -0.2) is 15.9 Å². The van der Waals surface area contributed by atoms with Crippen LogP contribution in [0.1, 0.15) is 17.5 Å². The fourth-order valence-electron chi connectivity index (χ4n) is 1.10. The van der Waals surface area contributed by atoms with Gasteiger partial charge in [-0.3, -0.25) is 9.78 Å². The monoisotopic (exact) mass is 223 g/mol. The largest absolute Gasteiger partial charge is 0.393 e. The van der Waals surface area contributed by atoms with Crippen molar-refractivity contribution in [2.75, 3.05) is 0 Å². The summed E-state index contributed by atoms with van der Waals surface area (Å²) in [6, 6.07) is 1.90. The van der Waals surface area contributed by atoms with Crippen molar-refractivity contribution in [3.8, 4) is 0 Å². The second kappa shape index (κ2) is 5.41. The van der Waals surface area contributed by atoms with Gasteiger partial charge in [0.2, 0.25) is 5.91 Å². The Balaban J connectivity index is 2.47. The first-order valence-corrected chi connectivity index (χ1v) is 4.95. The normalized spacial score (nSPS) is 9.67. The van der Waals surface area contributed by atoms with E-state index in [-0.39, 0.29) is 17.3 Å². The minimum Gasteiger partial charge on any atom is -0.393 e. The Labute approximate surface area is 93.9 Å². The highest BCUT2D eigenvalue weighted by Gasteiger charge is 2.03. The van der Waals surface area contributed by atoms with Crippen molar-refractivity contribution in [3.63, 3.8) is 0 Å². The molecule has 0 aliphatic carbocycles. The maximum Gasteiger partial charge on any atom is 0.227 e. The Morgan fingerprint density at radius 1 is 1.67 bits per heavy atom. The fourth-order valence-corrected chi connectivity index (χ4v) is 1.23. The molecule has 4 nitrogen and oxygen atoms in total. The SMILES string of the molecule is Cc1ccncc1CNC(=O)CC(N)=S. The molecule has 0 aromatic carbocycles. The van der Waals surface area contributed by atoms with Crippen LogP contribution in [0.5, 0.6) is 0 Å². The summed E-state index contributed by atoms with van der Waals surface area (Å²) in [7, 11) is 0. The minimum absolute atomic E-state index is 0.0919. The molecule has 1 rings (SSSR count). The van der Waals surface area contributed by atoms with E-state index in [1.54, 1.807) is 12.4 Å². The van der Waals surface area contributed by atoms with Gasteiger partial charge in [-0.1, -0.05) is 12.2 Å². The third-order valence-electron chi connectivity index (χ3n) is 1.96. The number of carbonyl (C=O) groups is 1. The molecular formula is C10H13N3OS. The summed E-state index contributed by atoms with van der Waals surface area (Å²) in [4.78, 5) is 15.4. The molecule has 0 bridgehead atoms. The Bertz CT molecular complexity index is 379. The molecule has 1 aromatic rings. The van der Waals surface area contributed by atoms with Gasteiger partial charge in [0.15, 0.2) is 0 Å². The number of carbonyl (C=O) groups excluding carboxylic acids is 1. The summed E-state index contributed by atoms with van der Waals surface area (Å²) in [5, 5.41) is 2.72. The number of hydrogen-bond donors (Lipinski definition) is 2. The lowest BCUT2D eigenvalue weighted by Crippen LogP contribution is -2.27. The van der Waals surface area contributed by atoms with E-state index in [4.69, 9.17) is 5.73 Å². The predicted molar refractivity (Wildman–Crippen MR) is 62.2 cm³/mol. The van der Waals surface area contributed by atoms with Gasteiger partial charge in [-0.15, -0.1) is 0 Å². The molecule has 1 heterocycles. The number of thiocarbonyl (C=S) groups is 1. The van der Waals surface area contributed by atoms with Crippen molar-refractivity contribution < 1.29 is 4.79 Å². The zero-order valence-electron chi connectivity index (χ0n) is 8.49. The molecule has 3 N–H and O–H groups in total. The van der Waals surface area contributed by atoms with Crippen molar-refractivity contribution >= 4 is 23.1 Å². The van der Waals surface area contributed by atoms with Gasteiger partial charge in [0.25, 0.3) is 0 Å². The first-order chi connectivity index (χ1) is 7.09. The molecule has 0 spiro atoms. The number of nitrogens with one attached hydrogen (secondary N) is 1. The maximum absolute atomic E-state index is 11.2. The number of amides is 1. The van der Waals surface area contributed by atoms with Gasteiger partial charge in [0.05, 0.1) is 11.4 Å². The van der Waals surface area contributed by atoms with Crippen LogP contribution in [0.2, 0.25) is 0 Å². The molecule has 1 amide bonds. The summed E-state index contributed by atoms with van der Waals surface area (Å²) >= 11 is 4.63. The first-order valence-electron chi connectivity index (χ1n) is 4.54. The van der Waals surface area contributed by atoms with E-state index in [0.717, 1.165) is 11.1 Å². The van der Waals surface area contributed by atoms with Crippen LogP contribution in [0.4, 0.5) is 0 Å². The van der Waals surface area contributed by atoms with Crippen LogP contribution in [0.3, 0.4) is 0 Å². The van der Waals surface area contributed by atoms with Crippen LogP contribution >= 0.6 is 12.2 Å². The lowest BCUT2D eigenvalue weighted by molar-refractivity contribution is -0.120. The van der Waals surface area contributed by atoms with E-state index in [0.29, 0.717) is 6.54 Å². The zero-order chi connectivity index (χ0) is 11.3. The number of aryl methyl sites for hydroxylation is 1. The molecule has 0 radical (unpaired) electrons. The molecule has 0 atom stereocenters. The second-order valence-electron chi connectivity index (χ2n) is 3.22. The Hall–Kier alpha value is -1.49. The van der Waals surface area contributed by atoms with Crippen LogP contribution in [-0.2, 0) is 11.3 Å². The third-order valence-corrected chi connectivity index (χ3v) is 2.10. The fraction of sp³-hybridized carbons (Fsp3) is 0.300. The quantitative estimate of drug-likeness (QED) is 0.737. The molecule has 0 fully saturated rings. The molecule has 0 saturated heterocycles. The maximum atomic E-state index is 11.2. The molecule has 5 heteroatoms. The molecule has 80 valence electrons. The van der Waals surface area contributed by atoms with Crippen molar-refractivity contribution in [2.24, 2.45) is 5.73 Å². The van der Waals surface area contributed by atoms with Crippen molar-refractivity contribution in [1.29, 1.82) is 0 Å². The van der Waals surface area contributed by atoms with E-state index in [1.807, 2.05) is 13.0 Å². The average Bonchev–Trinajstić information content (AvgIpc) is 2.15. The van der Waals surface area contributed by atoms with Crippen LogP contribution in [0, 0.1) is 6.92 Å². The lowest BCUT2D eigenvalue weighted by atomic mass is 10.1. The molecule has 1 aromatic heterocycles. The zero-order valence-corrected chi connectivity index (χ0v) is 9.30. The average molecular weight is 223 g/mol. The standard InChI is InChI=1S/C10H13N3OS/c1-7-2-3-12-5-8(7)6-13-10(14)4-9(11)15/h2-3,5H,4,6H2,1H3,(H2,11,15)(H,13,14). The van der Waals surface area contributed by atoms with Gasteiger partial charge in [-0.05, 0) is 24.1 Å². The van der Waals surface area contributed by atoms with Gasteiger partial charge >= 0.3 is 0 Å². The highest BCUT2D eigenvalue weighted by Crippen LogP contribution is 2.03. The molecular weight excluding hydrogens is 210 g/mol. The van der Waals surface area contributed by atoms with E-state index >= 15 is 0 Å². The van der Waals surface area contributed by atoms with E-state index < -0.39 is 0 Å². The van der Waals surface area contributed by atoms with Crippen LogP contribution < -0.4 is 11.1 Å². The summed E-state index contributed by atoms with van der Waals surface area (Å²) in [6.07, 6.45) is 3.54. The first kappa shape index (κ1) is 11.6. The Kier molecular flexibility index (Phi) is 4.17. The summed E-state index contributed by atoms with van der Waals surface area (Å²) in [5.41, 5.74) is 7.34. The highest BCUT2D eigenvalue weighted by molar-refractivity contribution is 7.80. The van der Waals surface area contributed by atoms with Crippen LogP contribution in [0.25, 0.3) is 0 Å². The minimum atomic E-state index is -0.161. The molecule has 0 aliphatic heterocycles. The van der Waals surface area contributed by atoms with Gasteiger partial charge in [0.1, 0.15) is 0 Å². The van der Waals surface area contributed by atoms with Gasteiger partial charge in [0, 0.05) is 18.9 Å². The predicted octanol–water partition coefficient (Wildman–Crippen LogP) is 0.682. The van der Waals surface area contributed by atoms with Crippen molar-refractivity contribution in [3.05, 3.63) is 29.6 Å². The van der Waals surface area contributed by atoms with Gasteiger partial charge in [-0.25, -0.2) is 0 Å². The molecule has 0 saturated carbocycles. The number of rotatable bonds is 4. The highest BCUT2D eigenvalue weighted by atomic mass is 32.1. The number of hydrogen-bond acceptors (Lipinski definition) is 3. The van der Waals surface area contributed by atoms with E-state index in [1.165, 1.54) is 0 Å². The number of nitrogens with zero attached hydrogens (tertiary/aromatic N) is 1. The topological polar surface area (TPSA) is 68.0 Å². The van der Waals surface area contributed by atoms with E-state index in [2.05, 4.69) is 22.5 Å². The van der Waals surface area contributed by atoms with Crippen molar-refractivity contribution in [2.45, 2.75) is 19.9 Å². The molecule has 0 aliphatic rings. The van der Waals surface area contributed by atoms with E-state index in [9.17, 15) is 4.79 Å². The Morgan fingerprint density at radius 3 is 3.00 bits per heavy atom. The number of pyridine rings is 1. The summed E-state index contributed by atoms with van der Waals surface area (Å²) in [5.74, 6) is -0.161.